The van der Waals surface area contributed by atoms with Crippen molar-refractivity contribution in [3.8, 4) is 0 Å². The van der Waals surface area contributed by atoms with Crippen LogP contribution in [0.15, 0.2) is 0 Å². The molecule has 3 heteroatoms. The first-order valence-electron chi connectivity index (χ1n) is 2.73. The van der Waals surface area contributed by atoms with Crippen LogP contribution in [0.1, 0.15) is 13.8 Å². The molecule has 0 spiro atoms. The van der Waals surface area contributed by atoms with Gasteiger partial charge in [-0.15, -0.1) is 0 Å². The lowest BCUT2D eigenvalue weighted by molar-refractivity contribution is -0.129. The number of hydrogen-bond donors (Lipinski definition) is 0. The molecule has 0 aromatic carbocycles. The average Bonchev–Trinajstić information content (AvgIpc) is 1.84. The molecule has 0 fully saturated rings. The molecule has 0 aliphatic heterocycles. The van der Waals surface area contributed by atoms with Crippen molar-refractivity contribution in [1.29, 1.82) is 0 Å². The molecule has 0 aromatic heterocycles. The van der Waals surface area contributed by atoms with E-state index >= 15 is 0 Å². The largest absolute Gasteiger partial charge is 0.466 e. The molecule has 0 rings (SSSR count). The molecule has 9 heavy (non-hydrogen) atoms. The van der Waals surface area contributed by atoms with Crippen LogP contribution < -0.4 is 0 Å². The van der Waals surface area contributed by atoms with E-state index in [1.54, 1.807) is 11.8 Å². The Labute approximate surface area is 60.0 Å². The van der Waals surface area contributed by atoms with Crippen molar-refractivity contribution in [2.45, 2.75) is 18.6 Å². The Hall–Kier alpha value is -0.180. The van der Waals surface area contributed by atoms with Crippen molar-refractivity contribution in [2.75, 3.05) is 12.9 Å². The first-order valence-corrected chi connectivity index (χ1v) is 3.95. The van der Waals surface area contributed by atoms with Crippen LogP contribution in [0, 0.1) is 0 Å². The van der Waals surface area contributed by atoms with Crippen molar-refractivity contribution in [3.63, 3.8) is 0 Å². The molecule has 0 bridgehead atoms. The van der Waals surface area contributed by atoms with Crippen molar-refractivity contribution in [1.82, 2.24) is 0 Å². The standard InChI is InChI=1S/C6H12O2S/c1-6(2,9-3)4-8-5-7/h5H,4H2,1-3H3. The molecule has 0 saturated heterocycles. The van der Waals surface area contributed by atoms with Gasteiger partial charge in [0.15, 0.2) is 0 Å². The number of ether oxygens (including phenoxy) is 1. The maximum Gasteiger partial charge on any atom is 0.293 e. The minimum absolute atomic E-state index is 0.0565. The lowest BCUT2D eigenvalue weighted by Crippen LogP contribution is -2.21. The Morgan fingerprint density at radius 2 is 2.22 bits per heavy atom. The highest BCUT2D eigenvalue weighted by molar-refractivity contribution is 7.99. The monoisotopic (exact) mass is 148 g/mol. The number of carbonyl (C=O) groups excluding carboxylic acids is 1. The van der Waals surface area contributed by atoms with Crippen molar-refractivity contribution in [3.05, 3.63) is 0 Å². The van der Waals surface area contributed by atoms with Gasteiger partial charge in [0, 0.05) is 4.75 Å². The van der Waals surface area contributed by atoms with E-state index in [0.717, 1.165) is 0 Å². The van der Waals surface area contributed by atoms with E-state index in [1.165, 1.54) is 0 Å². The third-order valence-corrected chi connectivity index (χ3v) is 2.27. The van der Waals surface area contributed by atoms with Gasteiger partial charge in [-0.2, -0.15) is 11.8 Å². The molecule has 0 heterocycles. The zero-order valence-corrected chi connectivity index (χ0v) is 6.83. The van der Waals surface area contributed by atoms with Crippen LogP contribution in [0.2, 0.25) is 0 Å². The molecule has 2 nitrogen and oxygen atoms in total. The summed E-state index contributed by atoms with van der Waals surface area (Å²) in [6, 6.07) is 0. The first-order chi connectivity index (χ1) is 4.12. The summed E-state index contributed by atoms with van der Waals surface area (Å²) < 4.78 is 4.64. The summed E-state index contributed by atoms with van der Waals surface area (Å²) in [6.07, 6.45) is 1.99. The van der Waals surface area contributed by atoms with Crippen molar-refractivity contribution < 1.29 is 9.53 Å². The quantitative estimate of drug-likeness (QED) is 0.562. The maximum absolute atomic E-state index is 9.74. The molecular formula is C6H12O2S. The van der Waals surface area contributed by atoms with Gasteiger partial charge in [0.05, 0.1) is 0 Å². The molecule has 0 atom stereocenters. The molecule has 0 N–H and O–H groups in total. The Bertz CT molecular complexity index is 91.1. The minimum atomic E-state index is 0.0565. The fraction of sp³-hybridized carbons (Fsp3) is 0.833. The summed E-state index contributed by atoms with van der Waals surface area (Å²) in [7, 11) is 0. The van der Waals surface area contributed by atoms with Gasteiger partial charge in [0.2, 0.25) is 0 Å². The summed E-state index contributed by atoms with van der Waals surface area (Å²) in [5, 5.41) is 0. The summed E-state index contributed by atoms with van der Waals surface area (Å²) in [5.74, 6) is 0. The SMILES string of the molecule is CSC(C)(C)COC=O. The van der Waals surface area contributed by atoms with E-state index in [1.807, 2.05) is 20.1 Å². The third-order valence-electron chi connectivity index (χ3n) is 1.05. The molecule has 0 aliphatic carbocycles. The van der Waals surface area contributed by atoms with Crippen LogP contribution in [0.4, 0.5) is 0 Å². The van der Waals surface area contributed by atoms with Gasteiger partial charge in [0.25, 0.3) is 6.47 Å². The van der Waals surface area contributed by atoms with Crippen molar-refractivity contribution >= 4 is 18.2 Å². The van der Waals surface area contributed by atoms with E-state index in [9.17, 15) is 4.79 Å². The summed E-state index contributed by atoms with van der Waals surface area (Å²) in [4.78, 5) is 9.74. The summed E-state index contributed by atoms with van der Waals surface area (Å²) >= 11 is 1.68. The normalized spacial score (nSPS) is 11.0. The lowest BCUT2D eigenvalue weighted by Gasteiger charge is -2.19. The van der Waals surface area contributed by atoms with Crippen LogP contribution in [-0.2, 0) is 9.53 Å². The number of rotatable bonds is 4. The summed E-state index contributed by atoms with van der Waals surface area (Å²) in [6.45, 7) is 5.03. The van der Waals surface area contributed by atoms with Crippen molar-refractivity contribution in [2.24, 2.45) is 0 Å². The van der Waals surface area contributed by atoms with E-state index in [2.05, 4.69) is 4.74 Å². The van der Waals surface area contributed by atoms with Gasteiger partial charge in [-0.1, -0.05) is 0 Å². The number of thioether (sulfide) groups is 1. The van der Waals surface area contributed by atoms with Gasteiger partial charge in [0.1, 0.15) is 6.61 Å². The highest BCUT2D eigenvalue weighted by atomic mass is 32.2. The Balaban J connectivity index is 3.44. The fourth-order valence-electron chi connectivity index (χ4n) is 0.294. The molecule has 0 saturated carbocycles. The van der Waals surface area contributed by atoms with Crippen LogP contribution in [0.5, 0.6) is 0 Å². The smallest absolute Gasteiger partial charge is 0.293 e. The lowest BCUT2D eigenvalue weighted by atomic mass is 10.2. The van der Waals surface area contributed by atoms with Gasteiger partial charge in [-0.3, -0.25) is 4.79 Å². The fourth-order valence-corrected chi connectivity index (χ4v) is 0.480. The maximum atomic E-state index is 9.74. The molecule has 0 aliphatic rings. The van der Waals surface area contributed by atoms with E-state index in [0.29, 0.717) is 13.1 Å². The molecule has 54 valence electrons. The highest BCUT2D eigenvalue weighted by Crippen LogP contribution is 2.20. The van der Waals surface area contributed by atoms with Gasteiger partial charge >= 0.3 is 0 Å². The molecular weight excluding hydrogens is 136 g/mol. The Kier molecular flexibility index (Phi) is 3.70. The molecule has 0 aromatic rings. The predicted octanol–water partition coefficient (Wildman–Crippen LogP) is 1.30. The average molecular weight is 148 g/mol. The van der Waals surface area contributed by atoms with Crippen LogP contribution in [0.25, 0.3) is 0 Å². The molecule has 0 unspecified atom stereocenters. The molecule has 0 radical (unpaired) electrons. The predicted molar refractivity (Wildman–Crippen MR) is 39.6 cm³/mol. The molecule has 0 amide bonds. The van der Waals surface area contributed by atoms with Gasteiger partial charge in [-0.05, 0) is 20.1 Å². The van der Waals surface area contributed by atoms with Crippen LogP contribution in [-0.4, -0.2) is 24.1 Å². The Morgan fingerprint density at radius 1 is 1.67 bits per heavy atom. The zero-order chi connectivity index (χ0) is 7.33. The Morgan fingerprint density at radius 3 is 2.56 bits per heavy atom. The number of hydrogen-bond acceptors (Lipinski definition) is 3. The highest BCUT2D eigenvalue weighted by Gasteiger charge is 2.15. The minimum Gasteiger partial charge on any atom is -0.466 e. The van der Waals surface area contributed by atoms with E-state index in [-0.39, 0.29) is 4.75 Å². The third kappa shape index (κ3) is 4.33. The summed E-state index contributed by atoms with van der Waals surface area (Å²) in [5.41, 5.74) is 0. The second-order valence-electron chi connectivity index (χ2n) is 2.37. The topological polar surface area (TPSA) is 26.3 Å². The van der Waals surface area contributed by atoms with Gasteiger partial charge < -0.3 is 4.74 Å². The van der Waals surface area contributed by atoms with E-state index < -0.39 is 0 Å². The van der Waals surface area contributed by atoms with Crippen LogP contribution in [0.3, 0.4) is 0 Å². The second kappa shape index (κ2) is 3.77. The van der Waals surface area contributed by atoms with Crippen LogP contribution >= 0.6 is 11.8 Å². The second-order valence-corrected chi connectivity index (χ2v) is 3.88. The van der Waals surface area contributed by atoms with E-state index in [4.69, 9.17) is 0 Å². The van der Waals surface area contributed by atoms with Gasteiger partial charge in [-0.25, -0.2) is 0 Å². The number of carbonyl (C=O) groups is 1. The first kappa shape index (κ1) is 8.82. The zero-order valence-electron chi connectivity index (χ0n) is 6.01.